The molecule has 19 heavy (non-hydrogen) atoms. The van der Waals surface area contributed by atoms with E-state index in [1.807, 2.05) is 0 Å². The molecule has 0 spiro atoms. The maximum atomic E-state index is 13.3. The van der Waals surface area contributed by atoms with E-state index < -0.39 is 0 Å². The van der Waals surface area contributed by atoms with Crippen molar-refractivity contribution in [2.24, 2.45) is 5.92 Å². The first-order valence-electron chi connectivity index (χ1n) is 6.32. The number of nitrogens with one attached hydrogen (secondary N) is 1. The Labute approximate surface area is 111 Å². The van der Waals surface area contributed by atoms with Gasteiger partial charge in [0.25, 0.3) is 0 Å². The maximum Gasteiger partial charge on any atom is 0.170 e. The van der Waals surface area contributed by atoms with E-state index in [0.717, 1.165) is 12.2 Å². The number of aromatic nitrogens is 4. The highest BCUT2D eigenvalue weighted by Crippen LogP contribution is 2.13. The van der Waals surface area contributed by atoms with Crippen molar-refractivity contribution in [2.75, 3.05) is 6.54 Å². The first kappa shape index (κ1) is 13.6. The van der Waals surface area contributed by atoms with Gasteiger partial charge in [-0.3, -0.25) is 0 Å². The number of aryl methyl sites for hydroxylation is 1. The summed E-state index contributed by atoms with van der Waals surface area (Å²) in [6.07, 6.45) is 0. The molecule has 102 valence electrons. The molecular weight excluding hydrogens is 245 g/mol. The Bertz CT molecular complexity index is 550. The number of benzene rings is 1. The summed E-state index contributed by atoms with van der Waals surface area (Å²) in [6, 6.07) is 4.83. The Hall–Kier alpha value is -1.82. The van der Waals surface area contributed by atoms with Crippen LogP contribution in [0.15, 0.2) is 18.2 Å². The predicted octanol–water partition coefficient (Wildman–Crippen LogP) is 1.86. The zero-order valence-electron chi connectivity index (χ0n) is 11.4. The topological polar surface area (TPSA) is 55.6 Å². The Kier molecular flexibility index (Phi) is 4.21. The molecule has 5 nitrogen and oxygen atoms in total. The molecule has 0 fully saturated rings. The summed E-state index contributed by atoms with van der Waals surface area (Å²) in [4.78, 5) is 0. The van der Waals surface area contributed by atoms with Crippen molar-refractivity contribution < 1.29 is 4.39 Å². The van der Waals surface area contributed by atoms with Crippen LogP contribution in [0.4, 0.5) is 4.39 Å². The fourth-order valence-electron chi connectivity index (χ4n) is 1.75. The van der Waals surface area contributed by atoms with Crippen molar-refractivity contribution in [2.45, 2.75) is 27.3 Å². The Morgan fingerprint density at radius 2 is 2.16 bits per heavy atom. The highest BCUT2D eigenvalue weighted by Gasteiger charge is 2.09. The van der Waals surface area contributed by atoms with Gasteiger partial charge in [-0.05, 0) is 53.6 Å². The summed E-state index contributed by atoms with van der Waals surface area (Å²) in [7, 11) is 0. The standard InChI is InChI=1S/C13H18FN5/c1-9(2)7-15-8-13-16-17-18-19(13)11-4-5-12(14)10(3)6-11/h4-6,9,15H,7-8H2,1-3H3. The van der Waals surface area contributed by atoms with Gasteiger partial charge in [-0.2, -0.15) is 4.68 Å². The van der Waals surface area contributed by atoms with Crippen LogP contribution < -0.4 is 5.32 Å². The van der Waals surface area contributed by atoms with Crippen molar-refractivity contribution in [3.63, 3.8) is 0 Å². The Balaban J connectivity index is 2.16. The molecule has 0 amide bonds. The average molecular weight is 263 g/mol. The second-order valence-electron chi connectivity index (χ2n) is 4.97. The van der Waals surface area contributed by atoms with Crippen LogP contribution in [-0.2, 0) is 6.54 Å². The maximum absolute atomic E-state index is 13.3. The fourth-order valence-corrected chi connectivity index (χ4v) is 1.75. The molecule has 1 N–H and O–H groups in total. The average Bonchev–Trinajstić information content (AvgIpc) is 2.80. The van der Waals surface area contributed by atoms with E-state index >= 15 is 0 Å². The third-order valence-corrected chi connectivity index (χ3v) is 2.76. The molecule has 6 heteroatoms. The third-order valence-electron chi connectivity index (χ3n) is 2.76. The van der Waals surface area contributed by atoms with Gasteiger partial charge in [0.1, 0.15) is 5.82 Å². The number of tetrazole rings is 1. The number of rotatable bonds is 5. The highest BCUT2D eigenvalue weighted by atomic mass is 19.1. The van der Waals surface area contributed by atoms with E-state index in [1.54, 1.807) is 23.7 Å². The number of hydrogen-bond acceptors (Lipinski definition) is 4. The molecule has 0 aliphatic rings. The van der Waals surface area contributed by atoms with E-state index in [-0.39, 0.29) is 5.82 Å². The van der Waals surface area contributed by atoms with Gasteiger partial charge in [-0.15, -0.1) is 5.10 Å². The molecule has 1 aromatic carbocycles. The van der Waals surface area contributed by atoms with Gasteiger partial charge in [0, 0.05) is 0 Å². The molecule has 1 heterocycles. The normalized spacial score (nSPS) is 11.2. The lowest BCUT2D eigenvalue weighted by Crippen LogP contribution is -2.21. The summed E-state index contributed by atoms with van der Waals surface area (Å²) in [5.74, 6) is 1.06. The molecule has 0 radical (unpaired) electrons. The molecule has 0 saturated heterocycles. The van der Waals surface area contributed by atoms with Crippen LogP contribution in [0.5, 0.6) is 0 Å². The molecule has 2 aromatic rings. The first-order chi connectivity index (χ1) is 9.08. The minimum absolute atomic E-state index is 0.226. The Morgan fingerprint density at radius 1 is 1.37 bits per heavy atom. The molecule has 0 saturated carbocycles. The lowest BCUT2D eigenvalue weighted by atomic mass is 10.2. The van der Waals surface area contributed by atoms with E-state index in [9.17, 15) is 4.39 Å². The monoisotopic (exact) mass is 263 g/mol. The Morgan fingerprint density at radius 3 is 2.84 bits per heavy atom. The zero-order valence-corrected chi connectivity index (χ0v) is 11.4. The summed E-state index contributed by atoms with van der Waals surface area (Å²) in [6.45, 7) is 7.48. The molecule has 0 bridgehead atoms. The highest BCUT2D eigenvalue weighted by molar-refractivity contribution is 5.35. The quantitative estimate of drug-likeness (QED) is 0.894. The van der Waals surface area contributed by atoms with E-state index in [1.165, 1.54) is 6.07 Å². The van der Waals surface area contributed by atoms with Gasteiger partial charge in [-0.25, -0.2) is 4.39 Å². The van der Waals surface area contributed by atoms with E-state index in [4.69, 9.17) is 0 Å². The zero-order chi connectivity index (χ0) is 13.8. The summed E-state index contributed by atoms with van der Waals surface area (Å²) in [5.41, 5.74) is 1.35. The second kappa shape index (κ2) is 5.88. The van der Waals surface area contributed by atoms with Gasteiger partial charge < -0.3 is 5.32 Å². The summed E-state index contributed by atoms with van der Waals surface area (Å²) in [5, 5.41) is 14.9. The van der Waals surface area contributed by atoms with Crippen LogP contribution in [0, 0.1) is 18.7 Å². The van der Waals surface area contributed by atoms with Gasteiger partial charge in [0.05, 0.1) is 12.2 Å². The number of halogens is 1. The van der Waals surface area contributed by atoms with Crippen LogP contribution in [0.25, 0.3) is 5.69 Å². The van der Waals surface area contributed by atoms with Crippen LogP contribution in [0.3, 0.4) is 0 Å². The second-order valence-corrected chi connectivity index (χ2v) is 4.97. The lowest BCUT2D eigenvalue weighted by molar-refractivity contribution is 0.537. The molecule has 0 aliphatic heterocycles. The van der Waals surface area contributed by atoms with Crippen molar-refractivity contribution in [3.8, 4) is 5.69 Å². The molecule has 1 aromatic heterocycles. The number of hydrogen-bond donors (Lipinski definition) is 1. The van der Waals surface area contributed by atoms with Crippen LogP contribution in [0.2, 0.25) is 0 Å². The molecule has 0 aliphatic carbocycles. The van der Waals surface area contributed by atoms with Crippen LogP contribution in [0.1, 0.15) is 25.2 Å². The van der Waals surface area contributed by atoms with Gasteiger partial charge in [-0.1, -0.05) is 13.8 Å². The third kappa shape index (κ3) is 3.35. The fraction of sp³-hybridized carbons (Fsp3) is 0.462. The van der Waals surface area contributed by atoms with Gasteiger partial charge in [0.2, 0.25) is 0 Å². The largest absolute Gasteiger partial charge is 0.310 e. The van der Waals surface area contributed by atoms with Gasteiger partial charge in [0.15, 0.2) is 5.82 Å². The van der Waals surface area contributed by atoms with Gasteiger partial charge >= 0.3 is 0 Å². The van der Waals surface area contributed by atoms with Crippen molar-refractivity contribution >= 4 is 0 Å². The lowest BCUT2D eigenvalue weighted by Gasteiger charge is -2.08. The summed E-state index contributed by atoms with van der Waals surface area (Å²) >= 11 is 0. The molecule has 0 unspecified atom stereocenters. The minimum atomic E-state index is -0.226. The molecule has 0 atom stereocenters. The molecule has 2 rings (SSSR count). The first-order valence-corrected chi connectivity index (χ1v) is 6.32. The van der Waals surface area contributed by atoms with Crippen molar-refractivity contribution in [1.29, 1.82) is 0 Å². The van der Waals surface area contributed by atoms with Crippen LogP contribution in [-0.4, -0.2) is 26.8 Å². The smallest absolute Gasteiger partial charge is 0.170 e. The van der Waals surface area contributed by atoms with Crippen molar-refractivity contribution in [1.82, 2.24) is 25.5 Å². The predicted molar refractivity (Wildman–Crippen MR) is 70.4 cm³/mol. The van der Waals surface area contributed by atoms with E-state index in [2.05, 4.69) is 34.7 Å². The summed E-state index contributed by atoms with van der Waals surface area (Å²) < 4.78 is 14.9. The molecular formula is C13H18FN5. The SMILES string of the molecule is Cc1cc(-n2nnnc2CNCC(C)C)ccc1F. The number of nitrogens with zero attached hydrogens (tertiary/aromatic N) is 4. The minimum Gasteiger partial charge on any atom is -0.310 e. The van der Waals surface area contributed by atoms with Crippen LogP contribution >= 0.6 is 0 Å². The van der Waals surface area contributed by atoms with E-state index in [0.29, 0.717) is 23.9 Å². The van der Waals surface area contributed by atoms with Crippen molar-refractivity contribution in [3.05, 3.63) is 35.4 Å².